The smallest absolute Gasteiger partial charge is 0.0596 e. The van der Waals surface area contributed by atoms with Gasteiger partial charge in [0.2, 0.25) is 0 Å². The first-order valence-electron chi connectivity index (χ1n) is 7.11. The molecule has 1 N–H and O–H groups in total. The Labute approximate surface area is 121 Å². The zero-order valence-corrected chi connectivity index (χ0v) is 12.5. The van der Waals surface area contributed by atoms with Crippen LogP contribution in [0.2, 0.25) is 0 Å². The van der Waals surface area contributed by atoms with Crippen LogP contribution in [-0.2, 0) is 6.54 Å². The fourth-order valence-corrected chi connectivity index (χ4v) is 2.21. The first-order chi connectivity index (χ1) is 9.65. The third kappa shape index (κ3) is 4.35. The molecule has 1 unspecified atom stereocenters. The van der Waals surface area contributed by atoms with Gasteiger partial charge in [-0.15, -0.1) is 0 Å². The molecule has 0 saturated carbocycles. The van der Waals surface area contributed by atoms with Gasteiger partial charge in [-0.1, -0.05) is 42.5 Å². The van der Waals surface area contributed by atoms with Crippen LogP contribution in [0.3, 0.4) is 0 Å². The number of hydrogen-bond donors (Lipinski definition) is 1. The molecule has 1 aromatic heterocycles. The van der Waals surface area contributed by atoms with Crippen molar-refractivity contribution >= 4 is 6.08 Å². The summed E-state index contributed by atoms with van der Waals surface area (Å²) in [4.78, 5) is 0. The number of nitrogens with zero attached hydrogens (tertiary/aromatic N) is 2. The highest BCUT2D eigenvalue weighted by Crippen LogP contribution is 2.03. The Morgan fingerprint density at radius 2 is 2.00 bits per heavy atom. The number of aryl methyl sites for hydroxylation is 2. The Morgan fingerprint density at radius 3 is 2.65 bits per heavy atom. The van der Waals surface area contributed by atoms with Crippen LogP contribution < -0.4 is 5.32 Å². The monoisotopic (exact) mass is 269 g/mol. The van der Waals surface area contributed by atoms with Crippen molar-refractivity contribution in [3.05, 3.63) is 59.4 Å². The molecule has 0 aliphatic rings. The van der Waals surface area contributed by atoms with Gasteiger partial charge in [-0.05, 0) is 32.4 Å². The van der Waals surface area contributed by atoms with E-state index in [-0.39, 0.29) is 0 Å². The molecule has 3 heteroatoms. The third-order valence-corrected chi connectivity index (χ3v) is 3.24. The molecule has 20 heavy (non-hydrogen) atoms. The summed E-state index contributed by atoms with van der Waals surface area (Å²) in [6.07, 6.45) is 4.30. The van der Waals surface area contributed by atoms with Crippen LogP contribution >= 0.6 is 0 Å². The molecular formula is C17H23N3. The van der Waals surface area contributed by atoms with Gasteiger partial charge in [0.05, 0.1) is 12.2 Å². The summed E-state index contributed by atoms with van der Waals surface area (Å²) >= 11 is 0. The lowest BCUT2D eigenvalue weighted by molar-refractivity contribution is 0.461. The quantitative estimate of drug-likeness (QED) is 0.873. The van der Waals surface area contributed by atoms with E-state index in [0.717, 1.165) is 18.8 Å². The van der Waals surface area contributed by atoms with Crippen LogP contribution in [0, 0.1) is 13.8 Å². The second-order valence-electron chi connectivity index (χ2n) is 5.23. The van der Waals surface area contributed by atoms with Crippen molar-refractivity contribution in [3.63, 3.8) is 0 Å². The van der Waals surface area contributed by atoms with E-state index in [4.69, 9.17) is 0 Å². The minimum atomic E-state index is 0.397. The van der Waals surface area contributed by atoms with Gasteiger partial charge in [-0.25, -0.2) is 0 Å². The number of hydrogen-bond acceptors (Lipinski definition) is 2. The fraction of sp³-hybridized carbons (Fsp3) is 0.353. The Morgan fingerprint density at radius 1 is 1.25 bits per heavy atom. The van der Waals surface area contributed by atoms with Gasteiger partial charge in [-0.2, -0.15) is 5.10 Å². The summed E-state index contributed by atoms with van der Waals surface area (Å²) in [5.74, 6) is 0. The molecule has 0 radical (unpaired) electrons. The van der Waals surface area contributed by atoms with E-state index in [2.05, 4.69) is 71.4 Å². The molecule has 3 nitrogen and oxygen atoms in total. The van der Waals surface area contributed by atoms with Gasteiger partial charge in [0, 0.05) is 18.3 Å². The lowest BCUT2D eigenvalue weighted by Gasteiger charge is -2.13. The van der Waals surface area contributed by atoms with E-state index in [1.807, 2.05) is 13.0 Å². The predicted octanol–water partition coefficient (Wildman–Crippen LogP) is 3.19. The number of benzene rings is 1. The molecule has 1 aromatic carbocycles. The van der Waals surface area contributed by atoms with E-state index in [1.165, 1.54) is 11.3 Å². The zero-order valence-electron chi connectivity index (χ0n) is 12.5. The van der Waals surface area contributed by atoms with Gasteiger partial charge < -0.3 is 5.32 Å². The molecule has 106 valence electrons. The molecule has 1 heterocycles. The van der Waals surface area contributed by atoms with Crippen molar-refractivity contribution in [1.29, 1.82) is 0 Å². The minimum absolute atomic E-state index is 0.397. The summed E-state index contributed by atoms with van der Waals surface area (Å²) < 4.78 is 2.06. The van der Waals surface area contributed by atoms with E-state index in [1.54, 1.807) is 0 Å². The Hall–Kier alpha value is -1.87. The SMILES string of the molecule is Cc1cc(C)n(CC(C)NC/C=C/c2ccccc2)n1. The van der Waals surface area contributed by atoms with Crippen molar-refractivity contribution < 1.29 is 0 Å². The molecule has 0 aliphatic heterocycles. The second-order valence-corrected chi connectivity index (χ2v) is 5.23. The zero-order chi connectivity index (χ0) is 14.4. The number of rotatable bonds is 6. The van der Waals surface area contributed by atoms with Crippen molar-refractivity contribution in [1.82, 2.24) is 15.1 Å². The van der Waals surface area contributed by atoms with Crippen LogP contribution in [0.15, 0.2) is 42.5 Å². The van der Waals surface area contributed by atoms with Crippen LogP contribution in [0.4, 0.5) is 0 Å². The number of aromatic nitrogens is 2. The first-order valence-corrected chi connectivity index (χ1v) is 7.11. The topological polar surface area (TPSA) is 29.9 Å². The molecule has 2 rings (SSSR count). The van der Waals surface area contributed by atoms with Crippen molar-refractivity contribution in [2.75, 3.05) is 6.54 Å². The molecule has 0 spiro atoms. The first kappa shape index (κ1) is 14.5. The van der Waals surface area contributed by atoms with Crippen LogP contribution in [-0.4, -0.2) is 22.4 Å². The van der Waals surface area contributed by atoms with Gasteiger partial charge >= 0.3 is 0 Å². The molecular weight excluding hydrogens is 246 g/mol. The van der Waals surface area contributed by atoms with Crippen LogP contribution in [0.5, 0.6) is 0 Å². The Bertz CT molecular complexity index is 555. The number of nitrogens with one attached hydrogen (secondary N) is 1. The van der Waals surface area contributed by atoms with Crippen LogP contribution in [0.25, 0.3) is 6.08 Å². The van der Waals surface area contributed by atoms with Crippen molar-refractivity contribution in [3.8, 4) is 0 Å². The highest BCUT2D eigenvalue weighted by molar-refractivity contribution is 5.48. The van der Waals surface area contributed by atoms with E-state index < -0.39 is 0 Å². The molecule has 0 saturated heterocycles. The molecule has 0 fully saturated rings. The van der Waals surface area contributed by atoms with Gasteiger partial charge in [0.25, 0.3) is 0 Å². The van der Waals surface area contributed by atoms with Crippen molar-refractivity contribution in [2.45, 2.75) is 33.4 Å². The van der Waals surface area contributed by atoms with Crippen LogP contribution in [0.1, 0.15) is 23.9 Å². The summed E-state index contributed by atoms with van der Waals surface area (Å²) in [6, 6.07) is 12.9. The Balaban J connectivity index is 1.77. The fourth-order valence-electron chi connectivity index (χ4n) is 2.21. The molecule has 0 amide bonds. The average molecular weight is 269 g/mol. The molecule has 0 aliphatic carbocycles. The van der Waals surface area contributed by atoms with Crippen molar-refractivity contribution in [2.24, 2.45) is 0 Å². The van der Waals surface area contributed by atoms with Gasteiger partial charge in [0.1, 0.15) is 0 Å². The molecule has 1 atom stereocenters. The van der Waals surface area contributed by atoms with E-state index in [0.29, 0.717) is 6.04 Å². The maximum Gasteiger partial charge on any atom is 0.0596 e. The lowest BCUT2D eigenvalue weighted by atomic mass is 10.2. The van der Waals surface area contributed by atoms with Gasteiger partial charge in [-0.3, -0.25) is 4.68 Å². The van der Waals surface area contributed by atoms with Gasteiger partial charge in [0.15, 0.2) is 0 Å². The molecule has 0 bridgehead atoms. The highest BCUT2D eigenvalue weighted by Gasteiger charge is 2.05. The summed E-state index contributed by atoms with van der Waals surface area (Å²) in [5, 5.41) is 7.97. The third-order valence-electron chi connectivity index (χ3n) is 3.24. The summed E-state index contributed by atoms with van der Waals surface area (Å²) in [7, 11) is 0. The second kappa shape index (κ2) is 7.06. The summed E-state index contributed by atoms with van der Waals surface area (Å²) in [5.41, 5.74) is 3.54. The Kier molecular flexibility index (Phi) is 5.13. The molecule has 2 aromatic rings. The highest BCUT2D eigenvalue weighted by atomic mass is 15.3. The lowest BCUT2D eigenvalue weighted by Crippen LogP contribution is -2.31. The normalized spacial score (nSPS) is 12.9. The average Bonchev–Trinajstić information content (AvgIpc) is 2.74. The minimum Gasteiger partial charge on any atom is -0.309 e. The maximum atomic E-state index is 4.48. The van der Waals surface area contributed by atoms with E-state index >= 15 is 0 Å². The largest absolute Gasteiger partial charge is 0.309 e. The maximum absolute atomic E-state index is 4.48. The predicted molar refractivity (Wildman–Crippen MR) is 84.6 cm³/mol. The standard InChI is InChI=1S/C17H23N3/c1-14-12-16(3)20(19-14)13-15(2)18-11-7-10-17-8-5-4-6-9-17/h4-10,12,15,18H,11,13H2,1-3H3/b10-7+. The summed E-state index contributed by atoms with van der Waals surface area (Å²) in [6.45, 7) is 8.09. The van der Waals surface area contributed by atoms with E-state index in [9.17, 15) is 0 Å².